The fraction of sp³-hybridized carbons (Fsp3) is 0.375. The lowest BCUT2D eigenvalue weighted by molar-refractivity contribution is -0.143. The number of hydrogen-bond donors (Lipinski definition) is 2. The second-order valence-electron chi connectivity index (χ2n) is 5.40. The first-order valence-electron chi connectivity index (χ1n) is 7.30. The molecule has 1 heterocycles. The average Bonchev–Trinajstić information content (AvgIpc) is 2.45. The van der Waals surface area contributed by atoms with Crippen LogP contribution in [0.3, 0.4) is 0 Å². The Balaban J connectivity index is 2.53. The molecule has 1 atom stereocenters. The zero-order chi connectivity index (χ0) is 17.1. The van der Waals surface area contributed by atoms with Crippen LogP contribution < -0.4 is 10.6 Å². The summed E-state index contributed by atoms with van der Waals surface area (Å²) in [7, 11) is 0. The number of nitrogens with one attached hydrogen (secondary N) is 2. The van der Waals surface area contributed by atoms with E-state index in [4.69, 9.17) is 27.9 Å². The van der Waals surface area contributed by atoms with Crippen LogP contribution in [0.1, 0.15) is 38.8 Å². The standard InChI is InChI=1S/C16H18Cl2N2O3/c1-4-12-13(15(21)23-8(2)3)14(20-16(22)19-12)10-6-5-9(17)7-11(10)18/h5-8,14H,4H2,1-3H3,(H2,19,20,22). The van der Waals surface area contributed by atoms with E-state index in [2.05, 4.69) is 10.6 Å². The zero-order valence-electron chi connectivity index (χ0n) is 13.1. The van der Waals surface area contributed by atoms with Crippen LogP contribution in [0, 0.1) is 0 Å². The molecule has 1 unspecified atom stereocenters. The van der Waals surface area contributed by atoms with Gasteiger partial charge in [0.25, 0.3) is 0 Å². The monoisotopic (exact) mass is 356 g/mol. The smallest absolute Gasteiger partial charge is 0.338 e. The molecule has 1 aromatic rings. The zero-order valence-corrected chi connectivity index (χ0v) is 14.6. The van der Waals surface area contributed by atoms with E-state index >= 15 is 0 Å². The molecule has 0 aliphatic carbocycles. The Morgan fingerprint density at radius 2 is 2.04 bits per heavy atom. The van der Waals surface area contributed by atoms with Crippen molar-refractivity contribution in [2.24, 2.45) is 0 Å². The van der Waals surface area contributed by atoms with E-state index in [1.165, 1.54) is 0 Å². The first-order chi connectivity index (χ1) is 10.8. The number of carbonyl (C=O) groups excluding carboxylic acids is 2. The molecule has 0 spiro atoms. The topological polar surface area (TPSA) is 67.4 Å². The predicted octanol–water partition coefficient (Wildman–Crippen LogP) is 3.96. The number of rotatable bonds is 4. The highest BCUT2D eigenvalue weighted by Gasteiger charge is 2.34. The number of hydrogen-bond acceptors (Lipinski definition) is 3. The van der Waals surface area contributed by atoms with E-state index in [1.54, 1.807) is 32.0 Å². The molecule has 7 heteroatoms. The Morgan fingerprint density at radius 1 is 1.35 bits per heavy atom. The lowest BCUT2D eigenvalue weighted by Crippen LogP contribution is -2.46. The van der Waals surface area contributed by atoms with Gasteiger partial charge in [0, 0.05) is 15.7 Å². The van der Waals surface area contributed by atoms with Gasteiger partial charge in [0.1, 0.15) is 0 Å². The van der Waals surface area contributed by atoms with Gasteiger partial charge >= 0.3 is 12.0 Å². The molecule has 2 amide bonds. The molecule has 0 radical (unpaired) electrons. The number of halogens is 2. The average molecular weight is 357 g/mol. The van der Waals surface area contributed by atoms with Crippen molar-refractivity contribution in [3.05, 3.63) is 45.1 Å². The summed E-state index contributed by atoms with van der Waals surface area (Å²) in [5, 5.41) is 6.23. The van der Waals surface area contributed by atoms with Crippen molar-refractivity contribution in [2.75, 3.05) is 0 Å². The van der Waals surface area contributed by atoms with Crippen LogP contribution in [0.15, 0.2) is 29.5 Å². The van der Waals surface area contributed by atoms with Crippen molar-refractivity contribution in [3.8, 4) is 0 Å². The van der Waals surface area contributed by atoms with E-state index < -0.39 is 12.0 Å². The maximum atomic E-state index is 12.5. The highest BCUT2D eigenvalue weighted by molar-refractivity contribution is 6.35. The van der Waals surface area contributed by atoms with Crippen molar-refractivity contribution >= 4 is 35.2 Å². The second-order valence-corrected chi connectivity index (χ2v) is 6.24. The van der Waals surface area contributed by atoms with E-state index in [9.17, 15) is 9.59 Å². The Kier molecular flexibility index (Phi) is 5.55. The Bertz CT molecular complexity index is 671. The molecule has 1 aliphatic heterocycles. The fourth-order valence-corrected chi connectivity index (χ4v) is 2.90. The van der Waals surface area contributed by atoms with Crippen LogP contribution in [0.4, 0.5) is 4.79 Å². The third-order valence-corrected chi connectivity index (χ3v) is 3.91. The van der Waals surface area contributed by atoms with Crippen LogP contribution in [0.25, 0.3) is 0 Å². The lowest BCUT2D eigenvalue weighted by atomic mass is 9.94. The van der Waals surface area contributed by atoms with E-state index in [1.807, 2.05) is 6.92 Å². The van der Waals surface area contributed by atoms with Crippen LogP contribution in [-0.4, -0.2) is 18.1 Å². The summed E-state index contributed by atoms with van der Waals surface area (Å²) in [5.41, 5.74) is 1.47. The molecule has 1 aliphatic rings. The molecule has 0 saturated heterocycles. The van der Waals surface area contributed by atoms with Crippen molar-refractivity contribution in [2.45, 2.75) is 39.3 Å². The van der Waals surface area contributed by atoms with E-state index in [0.717, 1.165) is 0 Å². The molecule has 2 N–H and O–H groups in total. The highest BCUT2D eigenvalue weighted by Crippen LogP contribution is 2.34. The molecular weight excluding hydrogens is 339 g/mol. The quantitative estimate of drug-likeness (QED) is 0.802. The third kappa shape index (κ3) is 3.98. The predicted molar refractivity (Wildman–Crippen MR) is 89.4 cm³/mol. The SMILES string of the molecule is CCC1=C(C(=O)OC(C)C)C(c2ccc(Cl)cc2Cl)NC(=O)N1. The van der Waals surface area contributed by atoms with Gasteiger partial charge in [-0.3, -0.25) is 0 Å². The number of esters is 1. The summed E-state index contributed by atoms with van der Waals surface area (Å²) in [6.45, 7) is 5.39. The molecule has 0 aromatic heterocycles. The summed E-state index contributed by atoms with van der Waals surface area (Å²) < 4.78 is 5.32. The number of amides is 2. The number of carbonyl (C=O) groups is 2. The molecule has 2 rings (SSSR count). The van der Waals surface area contributed by atoms with Gasteiger partial charge in [-0.05, 0) is 38.0 Å². The van der Waals surface area contributed by atoms with Gasteiger partial charge < -0.3 is 15.4 Å². The molecule has 23 heavy (non-hydrogen) atoms. The Hall–Kier alpha value is -1.72. The minimum absolute atomic E-state index is 0.271. The van der Waals surface area contributed by atoms with Crippen molar-refractivity contribution in [3.63, 3.8) is 0 Å². The normalized spacial score (nSPS) is 17.8. The number of allylic oxidation sites excluding steroid dienone is 1. The highest BCUT2D eigenvalue weighted by atomic mass is 35.5. The minimum atomic E-state index is -0.685. The minimum Gasteiger partial charge on any atom is -0.459 e. The van der Waals surface area contributed by atoms with Gasteiger partial charge in [-0.2, -0.15) is 0 Å². The number of ether oxygens (including phenoxy) is 1. The van der Waals surface area contributed by atoms with Gasteiger partial charge in [-0.1, -0.05) is 36.2 Å². The van der Waals surface area contributed by atoms with Crippen LogP contribution >= 0.6 is 23.2 Å². The van der Waals surface area contributed by atoms with Crippen LogP contribution in [0.2, 0.25) is 10.0 Å². The van der Waals surface area contributed by atoms with Crippen molar-refractivity contribution in [1.82, 2.24) is 10.6 Å². The van der Waals surface area contributed by atoms with E-state index in [0.29, 0.717) is 33.3 Å². The number of urea groups is 1. The second kappa shape index (κ2) is 7.23. The molecule has 124 valence electrons. The summed E-state index contributed by atoms with van der Waals surface area (Å²) >= 11 is 12.2. The van der Waals surface area contributed by atoms with Gasteiger partial charge in [-0.25, -0.2) is 9.59 Å². The van der Waals surface area contributed by atoms with Crippen molar-refractivity contribution < 1.29 is 14.3 Å². The Labute approximate surface area is 145 Å². The van der Waals surface area contributed by atoms with Gasteiger partial charge in [0.15, 0.2) is 0 Å². The molecule has 0 bridgehead atoms. The van der Waals surface area contributed by atoms with E-state index in [-0.39, 0.29) is 12.1 Å². The van der Waals surface area contributed by atoms with Gasteiger partial charge in [-0.15, -0.1) is 0 Å². The lowest BCUT2D eigenvalue weighted by Gasteiger charge is -2.30. The van der Waals surface area contributed by atoms with Gasteiger partial charge in [0.05, 0.1) is 17.7 Å². The summed E-state index contributed by atoms with van der Waals surface area (Å²) in [5.74, 6) is -0.486. The first kappa shape index (κ1) is 17.6. The largest absolute Gasteiger partial charge is 0.459 e. The molecule has 0 saturated carbocycles. The maximum Gasteiger partial charge on any atom is 0.338 e. The summed E-state index contributed by atoms with van der Waals surface area (Å²) in [6.07, 6.45) is 0.213. The molecule has 5 nitrogen and oxygen atoms in total. The Morgan fingerprint density at radius 3 is 2.61 bits per heavy atom. The molecular formula is C16H18Cl2N2O3. The van der Waals surface area contributed by atoms with Crippen molar-refractivity contribution in [1.29, 1.82) is 0 Å². The van der Waals surface area contributed by atoms with Crippen LogP contribution in [0.5, 0.6) is 0 Å². The molecule has 0 fully saturated rings. The fourth-order valence-electron chi connectivity index (χ4n) is 2.38. The molecule has 1 aromatic carbocycles. The summed E-state index contributed by atoms with van der Waals surface area (Å²) in [6, 6.07) is 3.85. The van der Waals surface area contributed by atoms with Crippen LogP contribution in [-0.2, 0) is 9.53 Å². The first-order valence-corrected chi connectivity index (χ1v) is 8.05. The summed E-state index contributed by atoms with van der Waals surface area (Å²) in [4.78, 5) is 24.4. The van der Waals surface area contributed by atoms with Gasteiger partial charge in [0.2, 0.25) is 0 Å². The number of benzene rings is 1. The third-order valence-electron chi connectivity index (χ3n) is 3.34. The maximum absolute atomic E-state index is 12.5.